The monoisotopic (exact) mass is 419 g/mol. The first-order valence-electron chi connectivity index (χ1n) is 10.7. The molecule has 1 atom stereocenters. The Labute approximate surface area is 182 Å². The van der Waals surface area contributed by atoms with Crippen molar-refractivity contribution >= 4 is 5.91 Å². The van der Waals surface area contributed by atoms with E-state index < -0.39 is 0 Å². The minimum Gasteiger partial charge on any atom is -0.507 e. The fourth-order valence-electron chi connectivity index (χ4n) is 4.42. The number of hydrogen-bond donors (Lipinski definition) is 3. The summed E-state index contributed by atoms with van der Waals surface area (Å²) in [7, 11) is 0. The number of aromatic hydroxyl groups is 1. The van der Waals surface area contributed by atoms with E-state index in [0.717, 1.165) is 22.3 Å². The Morgan fingerprint density at radius 3 is 2.52 bits per heavy atom. The van der Waals surface area contributed by atoms with Crippen molar-refractivity contribution in [1.82, 2.24) is 15.1 Å². The quantitative estimate of drug-likeness (QED) is 0.551. The molecule has 0 fully saturated rings. The zero-order chi connectivity index (χ0) is 22.3. The Balaban J connectivity index is 1.88. The normalized spacial score (nSPS) is 15.7. The van der Waals surface area contributed by atoms with Crippen LogP contribution in [0.4, 0.5) is 0 Å². The highest BCUT2D eigenvalue weighted by molar-refractivity contribution is 6.00. The lowest BCUT2D eigenvalue weighted by Crippen LogP contribution is -2.31. The number of H-pyrrole nitrogens is 1. The summed E-state index contributed by atoms with van der Waals surface area (Å²) in [5.41, 5.74) is 6.44. The standard InChI is InChI=1S/C25H29N3O3/c1-14(2)17-6-8-18(9-7-17)23-20-21(19-13-15(3)12-16(4)24(19)30)26-27-22(20)25(31)28(23)10-5-11-29/h6-9,12-14,23,29-30H,5,10-11H2,1-4H3,(H,26,27). The lowest BCUT2D eigenvalue weighted by molar-refractivity contribution is 0.0732. The van der Waals surface area contributed by atoms with Crippen molar-refractivity contribution in [2.75, 3.05) is 13.2 Å². The minimum absolute atomic E-state index is 0.0136. The summed E-state index contributed by atoms with van der Waals surface area (Å²) in [6.45, 7) is 8.59. The third-order valence-electron chi connectivity index (χ3n) is 6.04. The fourth-order valence-corrected chi connectivity index (χ4v) is 4.42. The van der Waals surface area contributed by atoms with Crippen LogP contribution in [0.15, 0.2) is 36.4 Å². The van der Waals surface area contributed by atoms with Gasteiger partial charge >= 0.3 is 0 Å². The van der Waals surface area contributed by atoms with E-state index in [1.165, 1.54) is 5.56 Å². The van der Waals surface area contributed by atoms with Crippen molar-refractivity contribution < 1.29 is 15.0 Å². The Hall–Kier alpha value is -3.12. The molecule has 1 aromatic heterocycles. The van der Waals surface area contributed by atoms with Crippen molar-refractivity contribution in [2.24, 2.45) is 0 Å². The SMILES string of the molecule is Cc1cc(C)c(O)c(-c2n[nH]c3c2C(c2ccc(C(C)C)cc2)N(CCCO)C3=O)c1. The van der Waals surface area contributed by atoms with Crippen molar-refractivity contribution in [3.05, 3.63) is 69.9 Å². The molecular weight excluding hydrogens is 390 g/mol. The van der Waals surface area contributed by atoms with E-state index in [1.807, 2.05) is 26.0 Å². The van der Waals surface area contributed by atoms with Gasteiger partial charge in [-0.2, -0.15) is 5.10 Å². The first kappa shape index (κ1) is 21.1. The first-order valence-corrected chi connectivity index (χ1v) is 10.7. The van der Waals surface area contributed by atoms with Crippen LogP contribution in [0.1, 0.15) is 70.5 Å². The van der Waals surface area contributed by atoms with Crippen LogP contribution in [-0.4, -0.2) is 44.4 Å². The zero-order valence-electron chi connectivity index (χ0n) is 18.4. The highest BCUT2D eigenvalue weighted by Gasteiger charge is 2.42. The number of rotatable bonds is 6. The summed E-state index contributed by atoms with van der Waals surface area (Å²) >= 11 is 0. The van der Waals surface area contributed by atoms with Gasteiger partial charge in [0, 0.05) is 24.3 Å². The minimum atomic E-state index is -0.329. The number of aryl methyl sites for hydroxylation is 2. The molecule has 2 aromatic carbocycles. The Morgan fingerprint density at radius 1 is 1.16 bits per heavy atom. The molecule has 0 radical (unpaired) electrons. The molecule has 0 saturated carbocycles. The van der Waals surface area contributed by atoms with Crippen LogP contribution >= 0.6 is 0 Å². The van der Waals surface area contributed by atoms with E-state index in [9.17, 15) is 15.0 Å². The second-order valence-electron chi connectivity index (χ2n) is 8.64. The summed E-state index contributed by atoms with van der Waals surface area (Å²) < 4.78 is 0. The van der Waals surface area contributed by atoms with Crippen molar-refractivity contribution in [2.45, 2.75) is 46.1 Å². The molecule has 1 amide bonds. The highest BCUT2D eigenvalue weighted by atomic mass is 16.3. The summed E-state index contributed by atoms with van der Waals surface area (Å²) in [6, 6.07) is 11.8. The number of benzene rings is 2. The number of carbonyl (C=O) groups excluding carboxylic acids is 1. The predicted octanol–water partition coefficient (Wildman–Crippen LogP) is 4.45. The highest BCUT2D eigenvalue weighted by Crippen LogP contribution is 2.45. The number of phenols is 1. The summed E-state index contributed by atoms with van der Waals surface area (Å²) in [6.07, 6.45) is 0.494. The molecule has 162 valence electrons. The molecule has 2 heterocycles. The Morgan fingerprint density at radius 2 is 1.87 bits per heavy atom. The lowest BCUT2D eigenvalue weighted by Gasteiger charge is -2.26. The van der Waals surface area contributed by atoms with Gasteiger partial charge in [-0.3, -0.25) is 9.89 Å². The molecule has 6 heteroatoms. The summed E-state index contributed by atoms with van der Waals surface area (Å²) in [4.78, 5) is 15.0. The van der Waals surface area contributed by atoms with Crippen LogP contribution in [0.25, 0.3) is 11.3 Å². The van der Waals surface area contributed by atoms with Crippen molar-refractivity contribution in [1.29, 1.82) is 0 Å². The largest absolute Gasteiger partial charge is 0.507 e. The number of aliphatic hydroxyl groups excluding tert-OH is 1. The Bertz CT molecular complexity index is 1120. The molecular formula is C25H29N3O3. The molecule has 0 bridgehead atoms. The van der Waals surface area contributed by atoms with Gasteiger partial charge in [0.15, 0.2) is 0 Å². The molecule has 3 aromatic rings. The fraction of sp³-hybridized carbons (Fsp3) is 0.360. The third kappa shape index (κ3) is 3.61. The molecule has 1 aliphatic rings. The van der Waals surface area contributed by atoms with Gasteiger partial charge in [-0.1, -0.05) is 44.2 Å². The van der Waals surface area contributed by atoms with Gasteiger partial charge in [-0.25, -0.2) is 0 Å². The van der Waals surface area contributed by atoms with E-state index in [2.05, 4.69) is 48.3 Å². The van der Waals surface area contributed by atoms with Gasteiger partial charge in [0.1, 0.15) is 17.1 Å². The van der Waals surface area contributed by atoms with Gasteiger partial charge in [0.05, 0.1) is 6.04 Å². The van der Waals surface area contributed by atoms with Gasteiger partial charge in [0.25, 0.3) is 5.91 Å². The predicted molar refractivity (Wildman–Crippen MR) is 120 cm³/mol. The van der Waals surface area contributed by atoms with Gasteiger partial charge in [-0.15, -0.1) is 0 Å². The maximum absolute atomic E-state index is 13.2. The summed E-state index contributed by atoms with van der Waals surface area (Å²) in [5, 5.41) is 27.5. The number of fused-ring (bicyclic) bond motifs is 1. The second kappa shape index (κ2) is 8.19. The van der Waals surface area contributed by atoms with Crippen molar-refractivity contribution in [3.8, 4) is 17.0 Å². The van der Waals surface area contributed by atoms with Gasteiger partial charge in [0.2, 0.25) is 0 Å². The van der Waals surface area contributed by atoms with E-state index in [4.69, 9.17) is 0 Å². The van der Waals surface area contributed by atoms with E-state index in [0.29, 0.717) is 35.8 Å². The molecule has 3 N–H and O–H groups in total. The smallest absolute Gasteiger partial charge is 0.273 e. The Kier molecular flexibility index (Phi) is 5.58. The van der Waals surface area contributed by atoms with Crippen LogP contribution in [0.3, 0.4) is 0 Å². The number of nitrogens with zero attached hydrogens (tertiary/aromatic N) is 2. The van der Waals surface area contributed by atoms with Crippen LogP contribution < -0.4 is 0 Å². The number of hydrogen-bond acceptors (Lipinski definition) is 4. The molecule has 0 spiro atoms. The zero-order valence-corrected chi connectivity index (χ0v) is 18.4. The maximum Gasteiger partial charge on any atom is 0.273 e. The number of carbonyl (C=O) groups is 1. The number of aliphatic hydroxyl groups is 1. The number of amides is 1. The van der Waals surface area contributed by atoms with Crippen LogP contribution in [0, 0.1) is 13.8 Å². The molecule has 0 saturated heterocycles. The van der Waals surface area contributed by atoms with E-state index >= 15 is 0 Å². The topological polar surface area (TPSA) is 89.5 Å². The number of nitrogens with one attached hydrogen (secondary N) is 1. The average Bonchev–Trinajstić information content (AvgIpc) is 3.28. The average molecular weight is 420 g/mol. The maximum atomic E-state index is 13.2. The molecule has 4 rings (SSSR count). The van der Waals surface area contributed by atoms with Crippen LogP contribution in [0.5, 0.6) is 5.75 Å². The number of aromatic nitrogens is 2. The first-order chi connectivity index (χ1) is 14.8. The van der Waals surface area contributed by atoms with Crippen LogP contribution in [-0.2, 0) is 0 Å². The summed E-state index contributed by atoms with van der Waals surface area (Å²) in [5.74, 6) is 0.455. The molecule has 1 unspecified atom stereocenters. The molecule has 0 aliphatic carbocycles. The van der Waals surface area contributed by atoms with E-state index in [-0.39, 0.29) is 24.3 Å². The number of phenolic OH excluding ortho intramolecular Hbond substituents is 1. The molecule has 1 aliphatic heterocycles. The van der Waals surface area contributed by atoms with Gasteiger partial charge < -0.3 is 15.1 Å². The molecule has 6 nitrogen and oxygen atoms in total. The van der Waals surface area contributed by atoms with Gasteiger partial charge in [-0.05, 0) is 54.5 Å². The van der Waals surface area contributed by atoms with E-state index in [1.54, 1.807) is 4.90 Å². The lowest BCUT2D eigenvalue weighted by atomic mass is 9.92. The third-order valence-corrected chi connectivity index (χ3v) is 6.04. The van der Waals surface area contributed by atoms with Crippen molar-refractivity contribution in [3.63, 3.8) is 0 Å². The number of aromatic amines is 1. The second-order valence-corrected chi connectivity index (χ2v) is 8.64. The van der Waals surface area contributed by atoms with Crippen LogP contribution in [0.2, 0.25) is 0 Å². The molecule has 31 heavy (non-hydrogen) atoms.